The second-order valence-electron chi connectivity index (χ2n) is 9.53. The summed E-state index contributed by atoms with van der Waals surface area (Å²) in [4.78, 5) is 0. The molecule has 0 unspecified atom stereocenters. The lowest BCUT2D eigenvalue weighted by Crippen LogP contribution is -2.14. The van der Waals surface area contributed by atoms with E-state index in [1.807, 2.05) is 0 Å². The lowest BCUT2D eigenvalue weighted by Gasteiger charge is -2.28. The molecular formula is C28H48O. The van der Waals surface area contributed by atoms with Crippen molar-refractivity contribution >= 4 is 0 Å². The highest BCUT2D eigenvalue weighted by molar-refractivity contribution is 5.27. The topological polar surface area (TPSA) is 9.23 Å². The van der Waals surface area contributed by atoms with Crippen LogP contribution in [0.4, 0.5) is 0 Å². The van der Waals surface area contributed by atoms with Gasteiger partial charge in [-0.15, -0.1) is 0 Å². The van der Waals surface area contributed by atoms with E-state index in [0.717, 1.165) is 24.2 Å². The summed E-state index contributed by atoms with van der Waals surface area (Å²) >= 11 is 0. The predicted molar refractivity (Wildman–Crippen MR) is 128 cm³/mol. The minimum absolute atomic E-state index is 0.865. The molecule has 1 aromatic rings. The van der Waals surface area contributed by atoms with Crippen molar-refractivity contribution in [3.8, 4) is 5.75 Å². The van der Waals surface area contributed by atoms with Crippen molar-refractivity contribution in [2.75, 3.05) is 6.61 Å². The summed E-state index contributed by atoms with van der Waals surface area (Å²) in [6.45, 7) is 5.44. The van der Waals surface area contributed by atoms with Crippen molar-refractivity contribution in [1.82, 2.24) is 0 Å². The molecule has 0 amide bonds. The average Bonchev–Trinajstić information content (AvgIpc) is 2.76. The molecule has 1 fully saturated rings. The van der Waals surface area contributed by atoms with Gasteiger partial charge in [0.2, 0.25) is 0 Å². The van der Waals surface area contributed by atoms with Gasteiger partial charge in [-0.25, -0.2) is 0 Å². The molecule has 1 aliphatic rings. The van der Waals surface area contributed by atoms with Gasteiger partial charge in [-0.05, 0) is 48.8 Å². The van der Waals surface area contributed by atoms with Crippen LogP contribution in [0.1, 0.15) is 122 Å². The maximum atomic E-state index is 5.89. The van der Waals surface area contributed by atoms with E-state index in [-0.39, 0.29) is 0 Å². The molecule has 0 radical (unpaired) electrons. The Kier molecular flexibility index (Phi) is 13.2. The summed E-state index contributed by atoms with van der Waals surface area (Å²) in [5.41, 5.74) is 1.47. The van der Waals surface area contributed by atoms with Crippen molar-refractivity contribution in [3.63, 3.8) is 0 Å². The molecule has 2 rings (SSSR count). The molecule has 1 nitrogen and oxygen atoms in total. The summed E-state index contributed by atoms with van der Waals surface area (Å²) in [6, 6.07) is 8.88. The van der Waals surface area contributed by atoms with Crippen LogP contribution in [-0.2, 0) is 6.42 Å². The van der Waals surface area contributed by atoms with Crippen LogP contribution in [0.15, 0.2) is 24.3 Å². The lowest BCUT2D eigenvalue weighted by atomic mass is 9.78. The van der Waals surface area contributed by atoms with Crippen LogP contribution in [0.3, 0.4) is 0 Å². The highest BCUT2D eigenvalue weighted by atomic mass is 16.5. The van der Waals surface area contributed by atoms with E-state index in [2.05, 4.69) is 38.1 Å². The van der Waals surface area contributed by atoms with Gasteiger partial charge >= 0.3 is 0 Å². The van der Waals surface area contributed by atoms with Gasteiger partial charge in [0.05, 0.1) is 6.61 Å². The quantitative estimate of drug-likeness (QED) is 0.251. The van der Waals surface area contributed by atoms with Gasteiger partial charge in [-0.2, -0.15) is 0 Å². The largest absolute Gasteiger partial charge is 0.494 e. The van der Waals surface area contributed by atoms with E-state index in [1.165, 1.54) is 115 Å². The molecule has 0 heterocycles. The van der Waals surface area contributed by atoms with Crippen molar-refractivity contribution in [1.29, 1.82) is 0 Å². The van der Waals surface area contributed by atoms with E-state index in [4.69, 9.17) is 4.74 Å². The minimum Gasteiger partial charge on any atom is -0.494 e. The van der Waals surface area contributed by atoms with Crippen LogP contribution in [0, 0.1) is 11.8 Å². The minimum atomic E-state index is 0.865. The molecule has 0 N–H and O–H groups in total. The summed E-state index contributed by atoms with van der Waals surface area (Å²) in [5, 5.41) is 0. The Morgan fingerprint density at radius 3 is 1.83 bits per heavy atom. The first-order valence-electron chi connectivity index (χ1n) is 13.0. The fourth-order valence-electron chi connectivity index (χ4n) is 4.90. The Bertz CT molecular complexity index is 484. The van der Waals surface area contributed by atoms with Crippen LogP contribution in [0.5, 0.6) is 5.75 Å². The molecular weight excluding hydrogens is 352 g/mol. The Labute approximate surface area is 182 Å². The maximum absolute atomic E-state index is 5.89. The van der Waals surface area contributed by atoms with Crippen molar-refractivity contribution in [2.45, 2.75) is 123 Å². The van der Waals surface area contributed by atoms with Crippen molar-refractivity contribution in [3.05, 3.63) is 29.8 Å². The average molecular weight is 401 g/mol. The zero-order valence-corrected chi connectivity index (χ0v) is 19.6. The first-order chi connectivity index (χ1) is 14.3. The fourth-order valence-corrected chi connectivity index (χ4v) is 4.90. The SMILES string of the molecule is CCCCCCCOc1ccc(CCCCC2CCC(CCCCC)CC2)cc1. The second kappa shape index (κ2) is 15.8. The zero-order valence-electron chi connectivity index (χ0n) is 19.6. The molecule has 0 saturated heterocycles. The van der Waals surface area contributed by atoms with Crippen LogP contribution < -0.4 is 4.74 Å². The standard InChI is InChI=1S/C28H48O/c1-3-5-7-8-12-24-29-28-22-20-27(21-23-28)15-11-10-14-26-18-16-25(17-19-26)13-9-6-4-2/h20-23,25-26H,3-19,24H2,1-2H3. The summed E-state index contributed by atoms with van der Waals surface area (Å²) in [6.07, 6.45) is 23.7. The molecule has 1 heteroatoms. The number of unbranched alkanes of at least 4 members (excludes halogenated alkanes) is 7. The molecule has 0 aliphatic heterocycles. The molecule has 1 aliphatic carbocycles. The highest BCUT2D eigenvalue weighted by Gasteiger charge is 2.20. The van der Waals surface area contributed by atoms with Gasteiger partial charge in [-0.1, -0.05) is 116 Å². The lowest BCUT2D eigenvalue weighted by molar-refractivity contribution is 0.245. The van der Waals surface area contributed by atoms with E-state index < -0.39 is 0 Å². The summed E-state index contributed by atoms with van der Waals surface area (Å²) in [5.74, 6) is 3.11. The third kappa shape index (κ3) is 11.1. The van der Waals surface area contributed by atoms with E-state index in [9.17, 15) is 0 Å². The maximum Gasteiger partial charge on any atom is 0.119 e. The summed E-state index contributed by atoms with van der Waals surface area (Å²) < 4.78 is 5.89. The van der Waals surface area contributed by atoms with Gasteiger partial charge in [0.25, 0.3) is 0 Å². The number of rotatable bonds is 16. The third-order valence-electron chi connectivity index (χ3n) is 6.95. The first-order valence-corrected chi connectivity index (χ1v) is 13.0. The van der Waals surface area contributed by atoms with E-state index in [1.54, 1.807) is 0 Å². The molecule has 0 spiro atoms. The van der Waals surface area contributed by atoms with Crippen LogP contribution >= 0.6 is 0 Å². The van der Waals surface area contributed by atoms with Gasteiger partial charge < -0.3 is 4.74 Å². The Balaban J connectivity index is 1.49. The Morgan fingerprint density at radius 1 is 0.655 bits per heavy atom. The number of aryl methyl sites for hydroxylation is 1. The van der Waals surface area contributed by atoms with Crippen molar-refractivity contribution < 1.29 is 4.74 Å². The highest BCUT2D eigenvalue weighted by Crippen LogP contribution is 2.34. The predicted octanol–water partition coefficient (Wildman–Crippen LogP) is 9.14. The van der Waals surface area contributed by atoms with Gasteiger partial charge in [-0.3, -0.25) is 0 Å². The van der Waals surface area contributed by atoms with Crippen LogP contribution in [0.2, 0.25) is 0 Å². The second-order valence-corrected chi connectivity index (χ2v) is 9.53. The van der Waals surface area contributed by atoms with Crippen LogP contribution in [0.25, 0.3) is 0 Å². The normalized spacial score (nSPS) is 19.4. The number of hydrogen-bond donors (Lipinski definition) is 0. The third-order valence-corrected chi connectivity index (χ3v) is 6.95. The smallest absolute Gasteiger partial charge is 0.119 e. The fraction of sp³-hybridized carbons (Fsp3) is 0.786. The van der Waals surface area contributed by atoms with Gasteiger partial charge in [0.1, 0.15) is 5.75 Å². The van der Waals surface area contributed by atoms with Gasteiger partial charge in [0.15, 0.2) is 0 Å². The van der Waals surface area contributed by atoms with Crippen LogP contribution in [-0.4, -0.2) is 6.61 Å². The molecule has 29 heavy (non-hydrogen) atoms. The van der Waals surface area contributed by atoms with E-state index >= 15 is 0 Å². The Morgan fingerprint density at radius 2 is 1.21 bits per heavy atom. The molecule has 166 valence electrons. The molecule has 0 atom stereocenters. The Hall–Kier alpha value is -0.980. The number of ether oxygens (including phenoxy) is 1. The molecule has 1 aromatic carbocycles. The van der Waals surface area contributed by atoms with E-state index in [0.29, 0.717) is 0 Å². The molecule has 0 aromatic heterocycles. The monoisotopic (exact) mass is 400 g/mol. The number of hydrogen-bond acceptors (Lipinski definition) is 1. The first kappa shape index (κ1) is 24.3. The zero-order chi connectivity index (χ0) is 20.6. The molecule has 0 bridgehead atoms. The number of benzene rings is 1. The van der Waals surface area contributed by atoms with Gasteiger partial charge in [0, 0.05) is 0 Å². The molecule has 1 saturated carbocycles. The van der Waals surface area contributed by atoms with Crippen molar-refractivity contribution in [2.24, 2.45) is 11.8 Å². The summed E-state index contributed by atoms with van der Waals surface area (Å²) in [7, 11) is 0.